The van der Waals surface area contributed by atoms with Crippen LogP contribution >= 0.6 is 11.3 Å². The predicted octanol–water partition coefficient (Wildman–Crippen LogP) is 3.21. The SMILES string of the molecule is C/C(=C\c1ccccc1)C(=O)NCCc1csc(C)n1. The molecule has 0 bridgehead atoms. The lowest BCUT2D eigenvalue weighted by atomic mass is 10.1. The molecule has 1 amide bonds. The fourth-order valence-electron chi connectivity index (χ4n) is 1.83. The van der Waals surface area contributed by atoms with Gasteiger partial charge in [0.1, 0.15) is 0 Å². The van der Waals surface area contributed by atoms with E-state index in [9.17, 15) is 4.79 Å². The smallest absolute Gasteiger partial charge is 0.246 e. The molecule has 1 aromatic carbocycles. The number of hydrogen-bond donors (Lipinski definition) is 1. The average molecular weight is 286 g/mol. The lowest BCUT2D eigenvalue weighted by molar-refractivity contribution is -0.117. The molecule has 2 aromatic rings. The molecule has 0 saturated heterocycles. The standard InChI is InChI=1S/C16H18N2OS/c1-12(10-14-6-4-3-5-7-14)16(19)17-9-8-15-11-20-13(2)18-15/h3-7,10-11H,8-9H2,1-2H3,(H,17,19)/b12-10+. The molecule has 0 atom stereocenters. The molecule has 0 unspecified atom stereocenters. The van der Waals surface area contributed by atoms with Gasteiger partial charge in [-0.3, -0.25) is 4.79 Å². The lowest BCUT2D eigenvalue weighted by Crippen LogP contribution is -2.26. The average Bonchev–Trinajstić information content (AvgIpc) is 2.85. The van der Waals surface area contributed by atoms with Crippen molar-refractivity contribution in [1.82, 2.24) is 10.3 Å². The highest BCUT2D eigenvalue weighted by molar-refractivity contribution is 7.09. The van der Waals surface area contributed by atoms with Crippen LogP contribution < -0.4 is 5.32 Å². The van der Waals surface area contributed by atoms with Crippen LogP contribution in [0.3, 0.4) is 0 Å². The largest absolute Gasteiger partial charge is 0.352 e. The first-order valence-electron chi connectivity index (χ1n) is 6.57. The minimum absolute atomic E-state index is 0.0270. The summed E-state index contributed by atoms with van der Waals surface area (Å²) in [6, 6.07) is 9.84. The summed E-state index contributed by atoms with van der Waals surface area (Å²) in [7, 11) is 0. The summed E-state index contributed by atoms with van der Waals surface area (Å²) in [5.41, 5.74) is 2.79. The Morgan fingerprint density at radius 1 is 1.35 bits per heavy atom. The van der Waals surface area contributed by atoms with Gasteiger partial charge < -0.3 is 5.32 Å². The molecule has 0 aliphatic rings. The number of carbonyl (C=O) groups is 1. The van der Waals surface area contributed by atoms with Gasteiger partial charge in [0.25, 0.3) is 0 Å². The summed E-state index contributed by atoms with van der Waals surface area (Å²) < 4.78 is 0. The van der Waals surface area contributed by atoms with Gasteiger partial charge in [0, 0.05) is 23.9 Å². The molecule has 104 valence electrons. The van der Waals surface area contributed by atoms with Crippen LogP contribution in [-0.2, 0) is 11.2 Å². The van der Waals surface area contributed by atoms with Gasteiger partial charge in [0.2, 0.25) is 5.91 Å². The van der Waals surface area contributed by atoms with Crippen LogP contribution in [0.2, 0.25) is 0 Å². The van der Waals surface area contributed by atoms with Crippen LogP contribution in [0.5, 0.6) is 0 Å². The molecular weight excluding hydrogens is 268 g/mol. The van der Waals surface area contributed by atoms with Gasteiger partial charge in [0.15, 0.2) is 0 Å². The van der Waals surface area contributed by atoms with Crippen molar-refractivity contribution in [2.24, 2.45) is 0 Å². The third-order valence-electron chi connectivity index (χ3n) is 2.87. The molecule has 1 aromatic heterocycles. The maximum Gasteiger partial charge on any atom is 0.246 e. The Labute approximate surface area is 123 Å². The Bertz CT molecular complexity index is 602. The van der Waals surface area contributed by atoms with Gasteiger partial charge in [-0.2, -0.15) is 0 Å². The third-order valence-corrected chi connectivity index (χ3v) is 3.70. The number of nitrogens with zero attached hydrogens (tertiary/aromatic N) is 1. The quantitative estimate of drug-likeness (QED) is 0.858. The molecule has 0 radical (unpaired) electrons. The Morgan fingerprint density at radius 2 is 2.10 bits per heavy atom. The first-order chi connectivity index (χ1) is 9.65. The van der Waals surface area contributed by atoms with Crippen molar-refractivity contribution in [3.63, 3.8) is 0 Å². The van der Waals surface area contributed by atoms with Gasteiger partial charge in [-0.15, -0.1) is 11.3 Å². The summed E-state index contributed by atoms with van der Waals surface area (Å²) in [5.74, 6) is -0.0270. The van der Waals surface area contributed by atoms with Crippen molar-refractivity contribution in [2.75, 3.05) is 6.54 Å². The number of hydrogen-bond acceptors (Lipinski definition) is 3. The van der Waals surface area contributed by atoms with Gasteiger partial charge in [-0.25, -0.2) is 4.98 Å². The molecular formula is C16H18N2OS. The van der Waals surface area contributed by atoms with Crippen LogP contribution in [0.25, 0.3) is 6.08 Å². The van der Waals surface area contributed by atoms with Crippen LogP contribution in [0.1, 0.15) is 23.2 Å². The van der Waals surface area contributed by atoms with E-state index in [1.54, 1.807) is 11.3 Å². The van der Waals surface area contributed by atoms with Crippen molar-refractivity contribution in [3.8, 4) is 0 Å². The Morgan fingerprint density at radius 3 is 2.75 bits per heavy atom. The molecule has 0 fully saturated rings. The summed E-state index contributed by atoms with van der Waals surface area (Å²) in [4.78, 5) is 16.3. The van der Waals surface area contributed by atoms with Crippen molar-refractivity contribution in [3.05, 3.63) is 57.6 Å². The minimum atomic E-state index is -0.0270. The number of rotatable bonds is 5. The fourth-order valence-corrected chi connectivity index (χ4v) is 2.48. The molecule has 3 nitrogen and oxygen atoms in total. The number of carbonyl (C=O) groups excluding carboxylic acids is 1. The summed E-state index contributed by atoms with van der Waals surface area (Å²) in [6.45, 7) is 4.43. The molecule has 1 N–H and O–H groups in total. The Hall–Kier alpha value is -1.94. The summed E-state index contributed by atoms with van der Waals surface area (Å²) in [5, 5.41) is 6.02. The van der Waals surface area contributed by atoms with E-state index in [1.807, 2.05) is 55.6 Å². The zero-order valence-corrected chi connectivity index (χ0v) is 12.5. The van der Waals surface area contributed by atoms with Crippen molar-refractivity contribution < 1.29 is 4.79 Å². The molecule has 4 heteroatoms. The van der Waals surface area contributed by atoms with E-state index in [4.69, 9.17) is 0 Å². The number of thiazole rings is 1. The van der Waals surface area contributed by atoms with E-state index < -0.39 is 0 Å². The number of nitrogens with one attached hydrogen (secondary N) is 1. The topological polar surface area (TPSA) is 42.0 Å². The Kier molecular flexibility index (Phi) is 5.07. The molecule has 0 saturated carbocycles. The molecule has 0 aliphatic carbocycles. The second kappa shape index (κ2) is 7.01. The highest BCUT2D eigenvalue weighted by Crippen LogP contribution is 2.08. The van der Waals surface area contributed by atoms with E-state index in [2.05, 4.69) is 10.3 Å². The third kappa shape index (κ3) is 4.31. The normalized spacial score (nSPS) is 11.4. The van der Waals surface area contributed by atoms with E-state index in [0.717, 1.165) is 22.7 Å². The number of aromatic nitrogens is 1. The zero-order valence-electron chi connectivity index (χ0n) is 11.7. The first kappa shape index (κ1) is 14.5. The van der Waals surface area contributed by atoms with Crippen molar-refractivity contribution >= 4 is 23.3 Å². The van der Waals surface area contributed by atoms with E-state index in [-0.39, 0.29) is 5.91 Å². The van der Waals surface area contributed by atoms with Crippen molar-refractivity contribution in [1.29, 1.82) is 0 Å². The summed E-state index contributed by atoms with van der Waals surface area (Å²) >= 11 is 1.64. The van der Waals surface area contributed by atoms with Crippen molar-refractivity contribution in [2.45, 2.75) is 20.3 Å². The molecule has 20 heavy (non-hydrogen) atoms. The van der Waals surface area contributed by atoms with Gasteiger partial charge >= 0.3 is 0 Å². The fraction of sp³-hybridized carbons (Fsp3) is 0.250. The zero-order chi connectivity index (χ0) is 14.4. The monoisotopic (exact) mass is 286 g/mol. The predicted molar refractivity (Wildman–Crippen MR) is 83.7 cm³/mol. The highest BCUT2D eigenvalue weighted by atomic mass is 32.1. The highest BCUT2D eigenvalue weighted by Gasteiger charge is 2.04. The van der Waals surface area contributed by atoms with Gasteiger partial charge in [0.05, 0.1) is 10.7 Å². The molecule has 2 rings (SSSR count). The van der Waals surface area contributed by atoms with Crippen LogP contribution in [0, 0.1) is 6.92 Å². The van der Waals surface area contributed by atoms with Crippen LogP contribution in [0.15, 0.2) is 41.3 Å². The second-order valence-corrected chi connectivity index (χ2v) is 5.66. The van der Waals surface area contributed by atoms with E-state index >= 15 is 0 Å². The first-order valence-corrected chi connectivity index (χ1v) is 7.45. The molecule has 1 heterocycles. The number of benzene rings is 1. The van der Waals surface area contributed by atoms with E-state index in [0.29, 0.717) is 12.1 Å². The van der Waals surface area contributed by atoms with Gasteiger partial charge in [-0.1, -0.05) is 30.3 Å². The maximum atomic E-state index is 11.9. The number of aryl methyl sites for hydroxylation is 1. The van der Waals surface area contributed by atoms with Crippen LogP contribution in [0.4, 0.5) is 0 Å². The second-order valence-electron chi connectivity index (χ2n) is 4.60. The molecule has 0 spiro atoms. The maximum absolute atomic E-state index is 11.9. The summed E-state index contributed by atoms with van der Waals surface area (Å²) in [6.07, 6.45) is 2.66. The Balaban J connectivity index is 1.84. The van der Waals surface area contributed by atoms with Crippen LogP contribution in [-0.4, -0.2) is 17.4 Å². The van der Waals surface area contributed by atoms with E-state index in [1.165, 1.54) is 0 Å². The number of amides is 1. The molecule has 0 aliphatic heterocycles. The lowest BCUT2D eigenvalue weighted by Gasteiger charge is -2.04. The minimum Gasteiger partial charge on any atom is -0.352 e. The van der Waals surface area contributed by atoms with Gasteiger partial charge in [-0.05, 0) is 25.5 Å².